The number of nitrogens with two attached hydrogens (primary N) is 1. The first kappa shape index (κ1) is 24.1. The van der Waals surface area contributed by atoms with E-state index in [-0.39, 0.29) is 0 Å². The molecule has 2 aromatic carbocycles. The molecule has 1 aliphatic rings. The Hall–Kier alpha value is -2.60. The van der Waals surface area contributed by atoms with Crippen molar-refractivity contribution in [3.8, 4) is 6.07 Å². The summed E-state index contributed by atoms with van der Waals surface area (Å²) in [7, 11) is -3.31. The summed E-state index contributed by atoms with van der Waals surface area (Å²) in [5.41, 5.74) is 9.08. The molecule has 1 unspecified atom stereocenters. The van der Waals surface area contributed by atoms with Crippen LogP contribution in [-0.2, 0) is 16.6 Å². The van der Waals surface area contributed by atoms with Gasteiger partial charge in [-0.3, -0.25) is 4.72 Å². The van der Waals surface area contributed by atoms with Crippen LogP contribution in [0.4, 0.5) is 11.4 Å². The van der Waals surface area contributed by atoms with E-state index >= 15 is 0 Å². The minimum absolute atomic E-state index is 0.357. The third kappa shape index (κ3) is 6.70. The zero-order valence-electron chi connectivity index (χ0n) is 18.9. The average Bonchev–Trinajstić information content (AvgIpc) is 2.77. The third-order valence-corrected chi connectivity index (χ3v) is 6.67. The SMILES string of the molecule is CC(CCN)N1CCC(N(Cc2cccc(C#N)c2)c2ccc(NS(C)(=O)=O)cc2)CC1. The summed E-state index contributed by atoms with van der Waals surface area (Å²) in [6.45, 7) is 5.68. The van der Waals surface area contributed by atoms with E-state index < -0.39 is 10.0 Å². The van der Waals surface area contributed by atoms with E-state index in [1.807, 2.05) is 36.4 Å². The second kappa shape index (κ2) is 10.8. The molecule has 0 bridgehead atoms. The Morgan fingerprint density at radius 1 is 1.22 bits per heavy atom. The van der Waals surface area contributed by atoms with Gasteiger partial charge in [0.05, 0.1) is 17.9 Å². The molecular formula is C24H33N5O2S. The van der Waals surface area contributed by atoms with E-state index in [1.165, 1.54) is 0 Å². The molecule has 0 amide bonds. The smallest absolute Gasteiger partial charge is 0.229 e. The van der Waals surface area contributed by atoms with Gasteiger partial charge in [-0.1, -0.05) is 12.1 Å². The molecule has 0 aromatic heterocycles. The molecule has 0 spiro atoms. The number of sulfonamides is 1. The van der Waals surface area contributed by atoms with Crippen LogP contribution in [-0.4, -0.2) is 51.3 Å². The van der Waals surface area contributed by atoms with E-state index in [0.717, 1.165) is 49.9 Å². The zero-order chi connectivity index (χ0) is 23.1. The molecule has 1 aliphatic heterocycles. The number of nitrogens with one attached hydrogen (secondary N) is 1. The van der Waals surface area contributed by atoms with Crippen LogP contribution in [0.2, 0.25) is 0 Å². The van der Waals surface area contributed by atoms with Crippen LogP contribution in [0.5, 0.6) is 0 Å². The number of likely N-dealkylation sites (tertiary alicyclic amines) is 1. The summed E-state index contributed by atoms with van der Waals surface area (Å²) in [4.78, 5) is 4.89. The number of piperidine rings is 1. The second-order valence-corrected chi connectivity index (χ2v) is 10.3. The van der Waals surface area contributed by atoms with Gasteiger partial charge in [0.15, 0.2) is 0 Å². The van der Waals surface area contributed by atoms with Gasteiger partial charge in [-0.2, -0.15) is 5.26 Å². The molecule has 1 fully saturated rings. The van der Waals surface area contributed by atoms with E-state index in [1.54, 1.807) is 12.1 Å². The van der Waals surface area contributed by atoms with Crippen LogP contribution < -0.4 is 15.4 Å². The monoisotopic (exact) mass is 455 g/mol. The first-order valence-electron chi connectivity index (χ1n) is 11.1. The Labute approximate surface area is 191 Å². The lowest BCUT2D eigenvalue weighted by atomic mass is 9.99. The maximum absolute atomic E-state index is 11.5. The Balaban J connectivity index is 1.81. The molecule has 1 atom stereocenters. The summed E-state index contributed by atoms with van der Waals surface area (Å²) >= 11 is 0. The van der Waals surface area contributed by atoms with Crippen molar-refractivity contribution in [2.24, 2.45) is 5.73 Å². The minimum Gasteiger partial charge on any atom is -0.364 e. The van der Waals surface area contributed by atoms with Crippen LogP contribution >= 0.6 is 0 Å². The van der Waals surface area contributed by atoms with Gasteiger partial charge < -0.3 is 15.5 Å². The number of benzene rings is 2. The van der Waals surface area contributed by atoms with E-state index in [0.29, 0.717) is 36.4 Å². The molecule has 8 heteroatoms. The van der Waals surface area contributed by atoms with Crippen molar-refractivity contribution < 1.29 is 8.42 Å². The summed E-state index contributed by atoms with van der Waals surface area (Å²) in [6.07, 6.45) is 4.23. The van der Waals surface area contributed by atoms with Gasteiger partial charge in [0, 0.05) is 43.1 Å². The fraction of sp³-hybridized carbons (Fsp3) is 0.458. The number of anilines is 2. The first-order valence-corrected chi connectivity index (χ1v) is 13.0. The Kier molecular flexibility index (Phi) is 8.13. The summed E-state index contributed by atoms with van der Waals surface area (Å²) < 4.78 is 25.6. The van der Waals surface area contributed by atoms with E-state index in [4.69, 9.17) is 5.73 Å². The van der Waals surface area contributed by atoms with Crippen molar-refractivity contribution in [2.75, 3.05) is 35.5 Å². The molecule has 3 N–H and O–H groups in total. The van der Waals surface area contributed by atoms with Gasteiger partial charge in [-0.25, -0.2) is 8.42 Å². The highest BCUT2D eigenvalue weighted by atomic mass is 32.2. The molecule has 0 aliphatic carbocycles. The van der Waals surface area contributed by atoms with Crippen molar-refractivity contribution >= 4 is 21.4 Å². The lowest BCUT2D eigenvalue weighted by Crippen LogP contribution is -2.47. The molecule has 0 radical (unpaired) electrons. The Bertz CT molecular complexity index is 1030. The standard InChI is InChI=1S/C24H33N5O2S/c1-19(10-13-25)28-14-11-24(12-15-28)29(18-21-5-3-4-20(16-21)17-26)23-8-6-22(7-9-23)27-32(2,30)31/h3-9,16,19,24,27H,10-15,18,25H2,1-2H3. The lowest BCUT2D eigenvalue weighted by molar-refractivity contribution is 0.154. The number of nitrogens with zero attached hydrogens (tertiary/aromatic N) is 3. The van der Waals surface area contributed by atoms with Gasteiger partial charge in [0.1, 0.15) is 0 Å². The van der Waals surface area contributed by atoms with Crippen molar-refractivity contribution in [3.05, 3.63) is 59.7 Å². The van der Waals surface area contributed by atoms with Gasteiger partial charge in [-0.15, -0.1) is 0 Å². The first-order chi connectivity index (χ1) is 15.3. The van der Waals surface area contributed by atoms with Crippen molar-refractivity contribution in [3.63, 3.8) is 0 Å². The number of hydrogen-bond acceptors (Lipinski definition) is 6. The molecule has 7 nitrogen and oxygen atoms in total. The highest BCUT2D eigenvalue weighted by Crippen LogP contribution is 2.28. The van der Waals surface area contributed by atoms with Gasteiger partial charge >= 0.3 is 0 Å². The van der Waals surface area contributed by atoms with Gasteiger partial charge in [0.2, 0.25) is 10.0 Å². The van der Waals surface area contributed by atoms with E-state index in [2.05, 4.69) is 27.5 Å². The predicted molar refractivity (Wildman–Crippen MR) is 130 cm³/mol. The van der Waals surface area contributed by atoms with Gasteiger partial charge in [-0.05, 0) is 74.7 Å². The molecular weight excluding hydrogens is 422 g/mol. The number of hydrogen-bond donors (Lipinski definition) is 2. The molecule has 1 saturated heterocycles. The maximum atomic E-state index is 11.5. The van der Waals surface area contributed by atoms with Crippen LogP contribution in [0.3, 0.4) is 0 Å². The fourth-order valence-electron chi connectivity index (χ4n) is 4.36. The van der Waals surface area contributed by atoms with E-state index in [9.17, 15) is 13.7 Å². The molecule has 0 saturated carbocycles. The normalized spacial score (nSPS) is 16.3. The highest BCUT2D eigenvalue weighted by molar-refractivity contribution is 7.92. The van der Waals surface area contributed by atoms with Crippen LogP contribution in [0.15, 0.2) is 48.5 Å². The quantitative estimate of drug-likeness (QED) is 0.602. The van der Waals surface area contributed by atoms with Crippen LogP contribution in [0.25, 0.3) is 0 Å². The maximum Gasteiger partial charge on any atom is 0.229 e. The number of rotatable bonds is 9. The molecule has 3 rings (SSSR count). The summed E-state index contributed by atoms with van der Waals surface area (Å²) in [6, 6.07) is 18.3. The van der Waals surface area contributed by atoms with Crippen LogP contribution in [0.1, 0.15) is 37.3 Å². The second-order valence-electron chi connectivity index (χ2n) is 8.55. The van der Waals surface area contributed by atoms with Gasteiger partial charge in [0.25, 0.3) is 0 Å². The molecule has 2 aromatic rings. The predicted octanol–water partition coefficient (Wildman–Crippen LogP) is 3.14. The highest BCUT2D eigenvalue weighted by Gasteiger charge is 2.27. The fourth-order valence-corrected chi connectivity index (χ4v) is 4.93. The van der Waals surface area contributed by atoms with Crippen molar-refractivity contribution in [1.82, 2.24) is 4.90 Å². The van der Waals surface area contributed by atoms with Crippen molar-refractivity contribution in [2.45, 2.75) is 44.8 Å². The molecule has 32 heavy (non-hydrogen) atoms. The largest absolute Gasteiger partial charge is 0.364 e. The lowest BCUT2D eigenvalue weighted by Gasteiger charge is -2.42. The molecule has 1 heterocycles. The number of nitriles is 1. The Morgan fingerprint density at radius 3 is 2.50 bits per heavy atom. The summed E-state index contributed by atoms with van der Waals surface area (Å²) in [5.74, 6) is 0. The van der Waals surface area contributed by atoms with Crippen LogP contribution in [0, 0.1) is 11.3 Å². The minimum atomic E-state index is -3.31. The third-order valence-electron chi connectivity index (χ3n) is 6.06. The topological polar surface area (TPSA) is 102 Å². The van der Waals surface area contributed by atoms with Crippen molar-refractivity contribution in [1.29, 1.82) is 5.26 Å². The zero-order valence-corrected chi connectivity index (χ0v) is 19.7. The Morgan fingerprint density at radius 2 is 1.91 bits per heavy atom. The summed E-state index contributed by atoms with van der Waals surface area (Å²) in [5, 5.41) is 9.28. The average molecular weight is 456 g/mol. The molecule has 172 valence electrons.